The zero-order valence-electron chi connectivity index (χ0n) is 23.3. The number of hydrogen-bond donors (Lipinski definition) is 1. The van der Waals surface area contributed by atoms with Gasteiger partial charge in [-0.1, -0.05) is 80.4 Å². The Balaban J connectivity index is 1.37. The molecule has 4 aromatic rings. The van der Waals surface area contributed by atoms with Gasteiger partial charge in [0, 0.05) is 0 Å². The zero-order chi connectivity index (χ0) is 28.9. The number of aromatic nitrogens is 4. The van der Waals surface area contributed by atoms with Gasteiger partial charge in [0.1, 0.15) is 18.2 Å². The van der Waals surface area contributed by atoms with Crippen LogP contribution in [0.3, 0.4) is 0 Å². The van der Waals surface area contributed by atoms with Crippen molar-refractivity contribution >= 4 is 24.7 Å². The third-order valence-electron chi connectivity index (χ3n) is 6.14. The van der Waals surface area contributed by atoms with E-state index < -0.39 is 19.6 Å². The van der Waals surface area contributed by atoms with Crippen molar-refractivity contribution in [1.82, 2.24) is 25.0 Å². The fourth-order valence-electron chi connectivity index (χ4n) is 3.92. The van der Waals surface area contributed by atoms with Crippen molar-refractivity contribution in [1.29, 1.82) is 0 Å². The molecule has 0 aliphatic rings. The van der Waals surface area contributed by atoms with Crippen molar-refractivity contribution in [2.45, 2.75) is 59.0 Å². The van der Waals surface area contributed by atoms with Crippen molar-refractivity contribution in [3.63, 3.8) is 0 Å². The van der Waals surface area contributed by atoms with E-state index in [0.29, 0.717) is 24.3 Å². The van der Waals surface area contributed by atoms with Gasteiger partial charge < -0.3 is 18.4 Å². The molecule has 0 bridgehead atoms. The Morgan fingerprint density at radius 3 is 2.24 bits per heavy atom. The number of hydrogen-bond acceptors (Lipinski definition) is 9. The number of hydroxylamine groups is 1. The number of carbonyl (C=O) groups is 1. The largest absolute Gasteiger partial charge is 0.364 e. The number of imidazole rings is 1. The first-order valence-corrected chi connectivity index (χ1v) is 15.4. The van der Waals surface area contributed by atoms with Gasteiger partial charge in [-0.3, -0.25) is 14.2 Å². The fraction of sp³-hybridized carbons (Fsp3) is 0.379. The van der Waals surface area contributed by atoms with Crippen molar-refractivity contribution < 1.29 is 28.0 Å². The quantitative estimate of drug-likeness (QED) is 0.0954. The van der Waals surface area contributed by atoms with E-state index in [-0.39, 0.29) is 25.3 Å². The van der Waals surface area contributed by atoms with Crippen molar-refractivity contribution in [2.75, 3.05) is 13.0 Å². The number of fused-ring (bicyclic) bond motifs is 1. The molecule has 1 amide bonds. The van der Waals surface area contributed by atoms with E-state index in [1.54, 1.807) is 10.9 Å². The maximum Gasteiger partial charge on any atom is 0.356 e. The Kier molecular flexibility index (Phi) is 11.5. The van der Waals surface area contributed by atoms with Crippen LogP contribution in [0.4, 0.5) is 0 Å². The summed E-state index contributed by atoms with van der Waals surface area (Å²) in [6.07, 6.45) is 5.16. The maximum atomic E-state index is 13.7. The van der Waals surface area contributed by atoms with Crippen LogP contribution in [0.25, 0.3) is 11.2 Å². The molecule has 0 aliphatic heterocycles. The summed E-state index contributed by atoms with van der Waals surface area (Å²) in [7, 11) is -3.62. The monoisotopic (exact) mass is 581 g/mol. The first kappa shape index (κ1) is 30.5. The average Bonchev–Trinajstić information content (AvgIpc) is 3.41. The minimum absolute atomic E-state index is 0.117. The van der Waals surface area contributed by atoms with E-state index in [0.717, 1.165) is 30.4 Å². The molecule has 12 heteroatoms. The second-order valence-electron chi connectivity index (χ2n) is 9.51. The Morgan fingerprint density at radius 1 is 0.951 bits per heavy atom. The summed E-state index contributed by atoms with van der Waals surface area (Å²) < 4.78 is 33.0. The van der Waals surface area contributed by atoms with E-state index in [9.17, 15) is 9.36 Å². The minimum Gasteiger partial charge on any atom is -0.364 e. The van der Waals surface area contributed by atoms with Gasteiger partial charge in [0.25, 0.3) is 5.91 Å². The second kappa shape index (κ2) is 15.5. The molecule has 0 saturated heterocycles. The molecule has 218 valence electrons. The molecule has 4 rings (SSSR count). The van der Waals surface area contributed by atoms with Crippen LogP contribution < -0.4 is 5.48 Å². The topological polar surface area (TPSA) is 127 Å². The molecule has 0 saturated carbocycles. The third-order valence-corrected chi connectivity index (χ3v) is 7.65. The van der Waals surface area contributed by atoms with Gasteiger partial charge in [0.2, 0.25) is 0 Å². The lowest BCUT2D eigenvalue weighted by Gasteiger charge is -2.21. The summed E-state index contributed by atoms with van der Waals surface area (Å²) in [6, 6.07) is 18.9. The molecular formula is C29H36N5O6P. The van der Waals surface area contributed by atoms with Crippen LogP contribution in [0.15, 0.2) is 73.3 Å². The van der Waals surface area contributed by atoms with Crippen LogP contribution in [0.5, 0.6) is 0 Å². The standard InChI is InChI=1S/C29H36N5O6P/c1-3-4-11-16-38-33-29(35)27-26-28(31-20-30-27)34(21-32-26)17-23(2)37-22-41(36,39-18-24-12-7-5-8-13-24)40-19-25-14-9-6-10-15-25/h5-10,12-15,20-21,23H,3-4,11,16-19,22H2,1-2H3,(H,33,35)/t23-/m1/s1. The first-order chi connectivity index (χ1) is 20.0. The molecule has 2 aromatic carbocycles. The predicted octanol–water partition coefficient (Wildman–Crippen LogP) is 5.67. The van der Waals surface area contributed by atoms with Gasteiger partial charge in [-0.15, -0.1) is 0 Å². The number of ether oxygens (including phenoxy) is 1. The van der Waals surface area contributed by atoms with Crippen molar-refractivity contribution in [2.24, 2.45) is 0 Å². The lowest BCUT2D eigenvalue weighted by Crippen LogP contribution is -2.25. The first-order valence-electron chi connectivity index (χ1n) is 13.6. The molecule has 41 heavy (non-hydrogen) atoms. The van der Waals surface area contributed by atoms with E-state index in [4.69, 9.17) is 18.6 Å². The molecule has 0 fully saturated rings. The summed E-state index contributed by atoms with van der Waals surface area (Å²) in [6.45, 7) is 4.94. The van der Waals surface area contributed by atoms with Gasteiger partial charge in [-0.25, -0.2) is 20.4 Å². The normalized spacial score (nSPS) is 12.4. The number of amides is 1. The Hall–Kier alpha value is -3.47. The van der Waals surface area contributed by atoms with Crippen molar-refractivity contribution in [3.8, 4) is 0 Å². The summed E-state index contributed by atoms with van der Waals surface area (Å²) in [5.74, 6) is -0.490. The number of nitrogens with zero attached hydrogens (tertiary/aromatic N) is 4. The molecule has 0 radical (unpaired) electrons. The Bertz CT molecular complexity index is 1370. The van der Waals surface area contributed by atoms with Gasteiger partial charge in [-0.05, 0) is 24.5 Å². The highest BCUT2D eigenvalue weighted by atomic mass is 31.2. The molecule has 0 spiro atoms. The summed E-state index contributed by atoms with van der Waals surface area (Å²) >= 11 is 0. The number of unbranched alkanes of at least 4 members (excludes halogenated alkanes) is 2. The van der Waals surface area contributed by atoms with Crippen LogP contribution in [-0.2, 0) is 42.9 Å². The lowest BCUT2D eigenvalue weighted by atomic mass is 10.2. The Morgan fingerprint density at radius 2 is 1.61 bits per heavy atom. The number of rotatable bonds is 17. The summed E-state index contributed by atoms with van der Waals surface area (Å²) in [5.41, 5.74) is 5.10. The van der Waals surface area contributed by atoms with Gasteiger partial charge in [0.05, 0.1) is 38.8 Å². The van der Waals surface area contributed by atoms with Crippen molar-refractivity contribution in [3.05, 3.63) is 90.1 Å². The minimum atomic E-state index is -3.62. The molecule has 1 N–H and O–H groups in total. The molecule has 1 atom stereocenters. The van der Waals surface area contributed by atoms with Crippen LogP contribution in [-0.4, -0.2) is 44.5 Å². The average molecular weight is 582 g/mol. The summed E-state index contributed by atoms with van der Waals surface area (Å²) in [5, 5.41) is 0. The second-order valence-corrected chi connectivity index (χ2v) is 11.5. The van der Waals surface area contributed by atoms with E-state index in [2.05, 4.69) is 27.4 Å². The highest BCUT2D eigenvalue weighted by molar-refractivity contribution is 7.53. The highest BCUT2D eigenvalue weighted by Crippen LogP contribution is 2.50. The predicted molar refractivity (Wildman–Crippen MR) is 154 cm³/mol. The molecule has 11 nitrogen and oxygen atoms in total. The molecule has 2 heterocycles. The highest BCUT2D eigenvalue weighted by Gasteiger charge is 2.27. The van der Waals surface area contributed by atoms with E-state index >= 15 is 0 Å². The molecule has 2 aromatic heterocycles. The SMILES string of the molecule is CCCCCONC(=O)c1ncnc2c1ncn2C[C@@H](C)OCP(=O)(OCc1ccccc1)OCc1ccccc1. The van der Waals surface area contributed by atoms with Crippen LogP contribution in [0.1, 0.15) is 54.7 Å². The van der Waals surface area contributed by atoms with E-state index in [1.807, 2.05) is 67.6 Å². The van der Waals surface area contributed by atoms with Gasteiger partial charge >= 0.3 is 7.60 Å². The maximum absolute atomic E-state index is 13.7. The molecule has 0 unspecified atom stereocenters. The fourth-order valence-corrected chi connectivity index (χ4v) is 5.28. The zero-order valence-corrected chi connectivity index (χ0v) is 24.2. The van der Waals surface area contributed by atoms with Gasteiger partial charge in [0.15, 0.2) is 11.3 Å². The van der Waals surface area contributed by atoms with Gasteiger partial charge in [-0.2, -0.15) is 0 Å². The lowest BCUT2D eigenvalue weighted by molar-refractivity contribution is 0.0295. The van der Waals surface area contributed by atoms with Crippen LogP contribution in [0.2, 0.25) is 0 Å². The third kappa shape index (κ3) is 9.27. The number of benzene rings is 2. The number of nitrogens with one attached hydrogen (secondary N) is 1. The van der Waals surface area contributed by atoms with Crippen LogP contribution in [0, 0.1) is 0 Å². The van der Waals surface area contributed by atoms with Crippen LogP contribution >= 0.6 is 7.60 Å². The Labute approximate surface area is 239 Å². The molecular weight excluding hydrogens is 545 g/mol. The number of carbonyl (C=O) groups excluding carboxylic acids is 1. The molecule has 0 aliphatic carbocycles. The smallest absolute Gasteiger partial charge is 0.356 e. The van der Waals surface area contributed by atoms with E-state index in [1.165, 1.54) is 6.33 Å². The summed E-state index contributed by atoms with van der Waals surface area (Å²) in [4.78, 5) is 30.6.